The molecule has 101 heavy (non-hydrogen) atoms. The summed E-state index contributed by atoms with van der Waals surface area (Å²) in [6.07, 6.45) is 4.69. The highest BCUT2D eigenvalue weighted by atomic mass is 16.5. The van der Waals surface area contributed by atoms with Crippen molar-refractivity contribution >= 4 is 32.7 Å². The van der Waals surface area contributed by atoms with E-state index in [-0.39, 0.29) is 94.8 Å². The molecular weight excluding hydrogens is 1290 g/mol. The van der Waals surface area contributed by atoms with Gasteiger partial charge < -0.3 is 42.7 Å². The zero-order valence-electron chi connectivity index (χ0n) is 56.0. The number of aromatic amines is 1. The first-order valence-electron chi connectivity index (χ1n) is 30.9. The van der Waals surface area contributed by atoms with Crippen molar-refractivity contribution in [2.24, 2.45) is 7.05 Å². The maximum absolute atomic E-state index is 13.6. The Morgan fingerprint density at radius 3 is 0.891 bits per heavy atom. The number of pyridine rings is 3. The maximum atomic E-state index is 13.6. The first kappa shape index (κ1) is 76.2. The molecule has 0 spiro atoms. The van der Waals surface area contributed by atoms with Gasteiger partial charge in [-0.05, 0) is 144 Å². The Morgan fingerprint density at radius 1 is 0.327 bits per heavy atom. The Labute approximate surface area is 582 Å². The van der Waals surface area contributed by atoms with Crippen LogP contribution in [0.4, 0.5) is 0 Å². The minimum absolute atomic E-state index is 0. The van der Waals surface area contributed by atoms with E-state index in [4.69, 9.17) is 33.2 Å². The fourth-order valence-corrected chi connectivity index (χ4v) is 11.5. The number of fused-ring (bicyclic) bond motifs is 3. The summed E-state index contributed by atoms with van der Waals surface area (Å²) in [6.45, 7) is 6.10. The van der Waals surface area contributed by atoms with E-state index >= 15 is 0 Å². The number of hydrogen-bond acceptors (Lipinski definition) is 16. The van der Waals surface area contributed by atoms with Crippen LogP contribution in [0.5, 0.6) is 40.4 Å². The predicted octanol–water partition coefficient (Wildman–Crippen LogP) is 9.46. The number of aromatic nitrogens is 9. The number of ether oxygens (including phenoxy) is 7. The highest BCUT2D eigenvalue weighted by molar-refractivity contribution is 5.86. The summed E-state index contributed by atoms with van der Waals surface area (Å²) in [7, 11) is 12.6. The van der Waals surface area contributed by atoms with Crippen molar-refractivity contribution in [1.82, 2.24) is 41.9 Å². The Morgan fingerprint density at radius 2 is 0.594 bits per heavy atom. The standard InChI is InChI=1S/2C25H25N3O5.C24H23N3O5.3CH4/c1-16-13-26-23(33-4)22-21(16)24(29)28(15-18-7-11-20(32-3)12-8-18)25(30)27(22)14-17-5-9-19(31-2)10-6-17;1-16-13-26(2)24(30)22-21(16)23(29)28(15-18-7-11-20(33-4)12-8-18)25(31)27(22)14-17-5-9-19(32-3)10-6-17;1-15-12-25-22(28)21-20(15)23(29)27(14-17-6-10-19(32-3)11-7-17)24(30)26(21)13-16-4-8-18(31-2)9-5-16;;;/h2*5-13H,14-15H2,1-4H3;4-12H,13-14H2,1-3H3,(H,25,28);3*1H4. The number of rotatable bonds is 19. The third-order valence-corrected chi connectivity index (χ3v) is 16.8. The lowest BCUT2D eigenvalue weighted by molar-refractivity contribution is 0.399. The minimum atomic E-state index is -0.551. The van der Waals surface area contributed by atoms with E-state index < -0.39 is 39.3 Å². The highest BCUT2D eigenvalue weighted by Gasteiger charge is 2.23. The van der Waals surface area contributed by atoms with Crippen LogP contribution in [-0.4, -0.2) is 91.7 Å². The molecule has 0 bridgehead atoms. The molecule has 12 aromatic rings. The number of methoxy groups -OCH3 is 7. The van der Waals surface area contributed by atoms with E-state index in [0.29, 0.717) is 56.3 Å². The molecule has 24 heteroatoms. The van der Waals surface area contributed by atoms with E-state index in [1.165, 1.54) is 40.7 Å². The fourth-order valence-electron chi connectivity index (χ4n) is 11.5. The number of nitrogens with one attached hydrogen (secondary N) is 1. The van der Waals surface area contributed by atoms with Crippen LogP contribution in [0.2, 0.25) is 0 Å². The van der Waals surface area contributed by atoms with Crippen molar-refractivity contribution < 1.29 is 33.2 Å². The van der Waals surface area contributed by atoms with Gasteiger partial charge in [-0.2, -0.15) is 0 Å². The summed E-state index contributed by atoms with van der Waals surface area (Å²) in [6, 6.07) is 43.4. The van der Waals surface area contributed by atoms with Crippen molar-refractivity contribution in [2.75, 3.05) is 49.8 Å². The fraction of sp³-hybridized carbons (Fsp3) is 0.260. The van der Waals surface area contributed by atoms with E-state index in [1.54, 1.807) is 172 Å². The molecule has 0 unspecified atom stereocenters. The molecule has 24 nitrogen and oxygen atoms in total. The largest absolute Gasteiger partial charge is 0.497 e. The van der Waals surface area contributed by atoms with Crippen LogP contribution in [-0.2, 0) is 46.3 Å². The maximum Gasteiger partial charge on any atom is 0.332 e. The van der Waals surface area contributed by atoms with Gasteiger partial charge in [-0.3, -0.25) is 51.4 Å². The van der Waals surface area contributed by atoms with Gasteiger partial charge in [0, 0.05) is 25.6 Å². The van der Waals surface area contributed by atoms with Crippen LogP contribution in [0, 0.1) is 20.8 Å². The number of H-pyrrole nitrogens is 1. The molecule has 0 aliphatic carbocycles. The van der Waals surface area contributed by atoms with Gasteiger partial charge in [0.2, 0.25) is 5.88 Å². The van der Waals surface area contributed by atoms with Gasteiger partial charge in [-0.25, -0.2) is 19.4 Å². The summed E-state index contributed by atoms with van der Waals surface area (Å²) in [5.74, 6) is 4.38. The van der Waals surface area contributed by atoms with Gasteiger partial charge >= 0.3 is 17.1 Å². The van der Waals surface area contributed by atoms with Gasteiger partial charge in [0.25, 0.3) is 27.8 Å². The number of aryl methyl sites for hydroxylation is 4. The lowest BCUT2D eigenvalue weighted by Gasteiger charge is -2.17. The van der Waals surface area contributed by atoms with Crippen LogP contribution in [0.3, 0.4) is 0 Å². The molecule has 0 aliphatic heterocycles. The third-order valence-electron chi connectivity index (χ3n) is 16.8. The predicted molar refractivity (Wildman–Crippen MR) is 395 cm³/mol. The van der Waals surface area contributed by atoms with Crippen LogP contribution in [0.15, 0.2) is 203 Å². The Bertz CT molecular complexity index is 5420. The molecule has 528 valence electrons. The molecule has 0 radical (unpaired) electrons. The molecule has 6 aromatic carbocycles. The van der Waals surface area contributed by atoms with Crippen LogP contribution >= 0.6 is 0 Å². The molecule has 0 saturated heterocycles. The SMILES string of the molecule is C.C.C.COc1ccc(Cn2c(=O)c3c(C)c[nH]c(=O)c3n(Cc3ccc(OC)cc3)c2=O)cc1.COc1ccc(Cn2c(=O)c3c(C)cn(C)c(=O)c3n(Cc3ccc(OC)cc3)c2=O)cc1.COc1ccc(Cn2c(=O)c3c(C)cnc(OC)c3n(Cc3ccc(OC)cc3)c2=O)cc1. The lowest BCUT2D eigenvalue weighted by atomic mass is 10.1. The molecule has 6 aromatic heterocycles. The Balaban J connectivity index is 0.000000209. The molecule has 0 atom stereocenters. The zero-order chi connectivity index (χ0) is 70.1. The van der Waals surface area contributed by atoms with Crippen molar-refractivity contribution in [2.45, 2.75) is 82.3 Å². The average molecular weight is 1380 g/mol. The number of nitrogens with zero attached hydrogens (tertiary/aromatic N) is 8. The number of benzene rings is 6. The monoisotopic (exact) mass is 1380 g/mol. The van der Waals surface area contributed by atoms with Crippen molar-refractivity contribution in [3.63, 3.8) is 0 Å². The molecule has 0 amide bonds. The summed E-state index contributed by atoms with van der Waals surface area (Å²) in [4.78, 5) is 114. The van der Waals surface area contributed by atoms with Crippen LogP contribution < -0.4 is 78.0 Å². The summed E-state index contributed by atoms with van der Waals surface area (Å²) in [5, 5.41) is 0.888. The van der Waals surface area contributed by atoms with Gasteiger partial charge in [0.05, 0.1) is 105 Å². The van der Waals surface area contributed by atoms with Crippen LogP contribution in [0.25, 0.3) is 32.7 Å². The Kier molecular flexibility index (Phi) is 25.2. The molecule has 0 saturated carbocycles. The average Bonchev–Trinajstić information content (AvgIpc) is 0.759. The quantitative estimate of drug-likeness (QED) is 0.0790. The van der Waals surface area contributed by atoms with E-state index in [1.807, 2.05) is 60.7 Å². The normalized spacial score (nSPS) is 10.6. The summed E-state index contributed by atoms with van der Waals surface area (Å²) < 4.78 is 45.9. The van der Waals surface area contributed by atoms with E-state index in [9.17, 15) is 38.4 Å². The zero-order valence-corrected chi connectivity index (χ0v) is 56.0. The third kappa shape index (κ3) is 16.2. The molecule has 1 N–H and O–H groups in total. The smallest absolute Gasteiger partial charge is 0.332 e. The lowest BCUT2D eigenvalue weighted by Crippen LogP contribution is -2.43. The first-order valence-corrected chi connectivity index (χ1v) is 30.9. The topological polar surface area (TPSA) is 264 Å². The minimum Gasteiger partial charge on any atom is -0.497 e. The van der Waals surface area contributed by atoms with Gasteiger partial charge in [0.15, 0.2) is 0 Å². The van der Waals surface area contributed by atoms with Crippen molar-refractivity contribution in [1.29, 1.82) is 0 Å². The second-order valence-electron chi connectivity index (χ2n) is 23.0. The molecule has 6 heterocycles. The van der Waals surface area contributed by atoms with Crippen molar-refractivity contribution in [3.05, 3.63) is 297 Å². The molecule has 12 rings (SSSR count). The van der Waals surface area contributed by atoms with E-state index in [0.717, 1.165) is 39.1 Å². The second-order valence-corrected chi connectivity index (χ2v) is 23.0. The summed E-state index contributed by atoms with van der Waals surface area (Å²) >= 11 is 0. The molecule has 0 fully saturated rings. The van der Waals surface area contributed by atoms with Gasteiger partial charge in [0.1, 0.15) is 51.0 Å². The first-order chi connectivity index (χ1) is 47.2. The summed E-state index contributed by atoms with van der Waals surface area (Å²) in [5.41, 5.74) is 3.51. The molecular formula is C77H85N9O15. The second kappa shape index (κ2) is 33.4. The molecule has 0 aliphatic rings. The van der Waals surface area contributed by atoms with Gasteiger partial charge in [-0.1, -0.05) is 95.1 Å². The van der Waals surface area contributed by atoms with Crippen LogP contribution in [0.1, 0.15) is 72.4 Å². The highest BCUT2D eigenvalue weighted by Crippen LogP contribution is 2.25. The van der Waals surface area contributed by atoms with Crippen molar-refractivity contribution in [3.8, 4) is 40.4 Å². The number of hydrogen-bond donors (Lipinski definition) is 1. The Hall–Kier alpha value is -12.2. The van der Waals surface area contributed by atoms with Gasteiger partial charge in [-0.15, -0.1) is 0 Å². The van der Waals surface area contributed by atoms with E-state index in [2.05, 4.69) is 9.97 Å².